The maximum absolute atomic E-state index is 4.60. The van der Waals surface area contributed by atoms with Crippen LogP contribution in [0.2, 0.25) is 10.1 Å². The van der Waals surface area contributed by atoms with Crippen molar-refractivity contribution in [1.29, 1.82) is 0 Å². The number of hydrogen-bond donors (Lipinski definition) is 0. The molecular weight excluding hydrogens is 585 g/mol. The predicted molar refractivity (Wildman–Crippen MR) is 208 cm³/mol. The molecule has 0 bridgehead atoms. The second-order valence-corrected chi connectivity index (χ2v) is 18.0. The highest BCUT2D eigenvalue weighted by atomic mass is 28.1. The summed E-state index contributed by atoms with van der Waals surface area (Å²) in [5.74, 6) is 3.43. The molecule has 0 N–H and O–H groups in total. The average molecular weight is 641 g/mol. The maximum Gasteiger partial charge on any atom is 0.0329 e. The van der Waals surface area contributed by atoms with Gasteiger partial charge in [-0.25, -0.2) is 0 Å². The topological polar surface area (TPSA) is 0 Å². The molecule has 5 aromatic rings. The van der Waals surface area contributed by atoms with Gasteiger partial charge in [0.05, 0.1) is 0 Å². The van der Waals surface area contributed by atoms with Gasteiger partial charge in [-0.1, -0.05) is 119 Å². The highest BCUT2D eigenvalue weighted by Crippen LogP contribution is 2.61. The Morgan fingerprint density at radius 2 is 0.783 bits per heavy atom. The summed E-state index contributed by atoms with van der Waals surface area (Å²) in [6, 6.07) is 28.2. The molecule has 0 heterocycles. The van der Waals surface area contributed by atoms with Crippen LogP contribution in [0.25, 0.3) is 43.1 Å². The summed E-state index contributed by atoms with van der Waals surface area (Å²) in [6.07, 6.45) is 0. The van der Waals surface area contributed by atoms with E-state index < -0.39 is 0 Å². The fraction of sp³-hybridized carbons (Fsp3) is 0.500. The molecule has 2 heteroatoms. The van der Waals surface area contributed by atoms with Crippen LogP contribution in [0.4, 0.5) is 0 Å². The van der Waals surface area contributed by atoms with Gasteiger partial charge in [0, 0.05) is 20.5 Å². The fourth-order valence-electron chi connectivity index (χ4n) is 9.24. The Labute approximate surface area is 287 Å². The molecule has 6 radical (unpaired) electrons. The monoisotopic (exact) mass is 640 g/mol. The Morgan fingerprint density at radius 3 is 1.20 bits per heavy atom. The molecule has 0 aliphatic heterocycles. The van der Waals surface area contributed by atoms with Crippen molar-refractivity contribution in [3.63, 3.8) is 0 Å². The van der Waals surface area contributed by atoms with Crippen molar-refractivity contribution in [2.45, 2.75) is 105 Å². The average Bonchev–Trinajstić information content (AvgIpc) is 2.98. The van der Waals surface area contributed by atoms with E-state index in [1.54, 1.807) is 5.56 Å². The first-order valence-corrected chi connectivity index (χ1v) is 18.9. The standard InChI is InChI=1S/C44H56Si2/c1-25(2)41(43(45,27(5)6)28(7)8)38-18-17-33-21-36-22-34-19-31-15-13-14-16-32(31)20-35(34)23-37(36)24-39(33)40(38)42(26(3)4)44(46,29(9)10)30(11)12/h13-30,41-42H,1-12H3. The van der Waals surface area contributed by atoms with Crippen molar-refractivity contribution in [2.75, 3.05) is 0 Å². The van der Waals surface area contributed by atoms with Crippen molar-refractivity contribution in [3.8, 4) is 0 Å². The predicted octanol–water partition coefficient (Wildman–Crippen LogP) is 13.1. The van der Waals surface area contributed by atoms with Crippen molar-refractivity contribution < 1.29 is 0 Å². The molecule has 240 valence electrons. The van der Waals surface area contributed by atoms with Crippen LogP contribution in [0.5, 0.6) is 0 Å². The maximum atomic E-state index is 4.60. The summed E-state index contributed by atoms with van der Waals surface area (Å²) in [7, 11) is 9.15. The molecule has 2 unspecified atom stereocenters. The summed E-state index contributed by atoms with van der Waals surface area (Å²) in [5, 5.41) is 10.5. The number of rotatable bonds is 10. The Morgan fingerprint density at radius 1 is 0.413 bits per heavy atom. The highest BCUT2D eigenvalue weighted by Gasteiger charge is 2.48. The lowest BCUT2D eigenvalue weighted by Gasteiger charge is -2.51. The first kappa shape index (κ1) is 34.9. The van der Waals surface area contributed by atoms with E-state index in [9.17, 15) is 0 Å². The van der Waals surface area contributed by atoms with Gasteiger partial charge in [0.1, 0.15) is 0 Å². The van der Waals surface area contributed by atoms with Gasteiger partial charge in [0.25, 0.3) is 0 Å². The van der Waals surface area contributed by atoms with Crippen LogP contribution in [-0.2, 0) is 0 Å². The van der Waals surface area contributed by atoms with Gasteiger partial charge in [-0.3, -0.25) is 0 Å². The SMILES string of the molecule is CC(C)C(c1ccc2cc3cc4cc5ccccc5cc4cc3cc2c1C(C(C)C)C([Si])(C(C)C)C(C)C)C([Si])(C(C)C)C(C)C. The zero-order chi connectivity index (χ0) is 33.9. The molecule has 2 atom stereocenters. The van der Waals surface area contributed by atoms with E-state index in [1.807, 2.05) is 0 Å². The summed E-state index contributed by atoms with van der Waals surface area (Å²) in [5.41, 5.74) is 3.07. The van der Waals surface area contributed by atoms with Gasteiger partial charge in [-0.2, -0.15) is 0 Å². The molecule has 0 aliphatic rings. The number of hydrogen-bond acceptors (Lipinski definition) is 0. The van der Waals surface area contributed by atoms with E-state index in [4.69, 9.17) is 0 Å². The third kappa shape index (κ3) is 5.70. The van der Waals surface area contributed by atoms with Crippen LogP contribution in [-0.4, -0.2) is 20.5 Å². The lowest BCUT2D eigenvalue weighted by molar-refractivity contribution is 0.207. The minimum Gasteiger partial charge on any atom is -0.0625 e. The molecule has 0 saturated heterocycles. The lowest BCUT2D eigenvalue weighted by atomic mass is 9.61. The third-order valence-corrected chi connectivity index (χ3v) is 14.6. The van der Waals surface area contributed by atoms with Gasteiger partial charge in [0.15, 0.2) is 0 Å². The first-order chi connectivity index (χ1) is 21.5. The Kier molecular flexibility index (Phi) is 9.77. The number of benzene rings is 5. The minimum atomic E-state index is -0.0694. The molecule has 0 amide bonds. The van der Waals surface area contributed by atoms with E-state index in [0.717, 1.165) is 0 Å². The zero-order valence-electron chi connectivity index (χ0n) is 30.5. The van der Waals surface area contributed by atoms with E-state index in [2.05, 4.69) is 176 Å². The van der Waals surface area contributed by atoms with E-state index in [0.29, 0.717) is 47.3 Å². The van der Waals surface area contributed by atoms with Crippen molar-refractivity contribution in [1.82, 2.24) is 0 Å². The molecule has 0 nitrogen and oxygen atoms in total. The normalized spacial score (nSPS) is 14.9. The van der Waals surface area contributed by atoms with Crippen LogP contribution in [0.1, 0.15) is 106 Å². The Bertz CT molecular complexity index is 1840. The first-order valence-electron chi connectivity index (χ1n) is 17.9. The molecule has 0 aromatic heterocycles. The zero-order valence-corrected chi connectivity index (χ0v) is 32.5. The van der Waals surface area contributed by atoms with Gasteiger partial charge < -0.3 is 0 Å². The van der Waals surface area contributed by atoms with Crippen molar-refractivity contribution >= 4 is 63.6 Å². The molecule has 46 heavy (non-hydrogen) atoms. The quantitative estimate of drug-likeness (QED) is 0.105. The third-order valence-electron chi connectivity index (χ3n) is 11.7. The Balaban J connectivity index is 1.94. The summed E-state index contributed by atoms with van der Waals surface area (Å²) in [6.45, 7) is 29.0. The molecule has 0 fully saturated rings. The van der Waals surface area contributed by atoms with Crippen LogP contribution in [0.15, 0.2) is 72.8 Å². The van der Waals surface area contributed by atoms with Gasteiger partial charge in [0.2, 0.25) is 0 Å². The van der Waals surface area contributed by atoms with Crippen molar-refractivity contribution in [2.24, 2.45) is 35.5 Å². The second-order valence-electron chi connectivity index (χ2n) is 16.3. The number of fused-ring (bicyclic) bond motifs is 4. The lowest BCUT2D eigenvalue weighted by Crippen LogP contribution is -2.39. The summed E-state index contributed by atoms with van der Waals surface area (Å²) < 4.78 is 0. The molecule has 5 aromatic carbocycles. The molecule has 0 aliphatic carbocycles. The fourth-order valence-corrected chi connectivity index (χ4v) is 10.2. The van der Waals surface area contributed by atoms with Gasteiger partial charge in [-0.05, 0) is 148 Å². The van der Waals surface area contributed by atoms with Gasteiger partial charge >= 0.3 is 0 Å². The Hall–Kier alpha value is -2.43. The van der Waals surface area contributed by atoms with Crippen molar-refractivity contribution in [3.05, 3.63) is 83.9 Å². The second kappa shape index (κ2) is 12.9. The molecule has 0 spiro atoms. The van der Waals surface area contributed by atoms with E-state index >= 15 is 0 Å². The molecule has 5 rings (SSSR count). The summed E-state index contributed by atoms with van der Waals surface area (Å²) >= 11 is 0. The van der Waals surface area contributed by atoms with Crippen LogP contribution in [0, 0.1) is 35.5 Å². The van der Waals surface area contributed by atoms with Crippen LogP contribution < -0.4 is 0 Å². The summed E-state index contributed by atoms with van der Waals surface area (Å²) in [4.78, 5) is 0. The van der Waals surface area contributed by atoms with Crippen LogP contribution >= 0.6 is 0 Å². The largest absolute Gasteiger partial charge is 0.0625 e. The van der Waals surface area contributed by atoms with Crippen LogP contribution in [0.3, 0.4) is 0 Å². The molecular formula is C44H56Si2. The smallest absolute Gasteiger partial charge is 0.0329 e. The molecule has 0 saturated carbocycles. The van der Waals surface area contributed by atoms with Gasteiger partial charge in [-0.15, -0.1) is 0 Å². The van der Waals surface area contributed by atoms with E-state index in [1.165, 1.54) is 48.7 Å². The highest BCUT2D eigenvalue weighted by molar-refractivity contribution is 6.17. The van der Waals surface area contributed by atoms with E-state index in [-0.39, 0.29) is 10.1 Å². The minimum absolute atomic E-state index is 0.0453.